The fraction of sp³-hybridized carbons (Fsp3) is 0.733. The normalized spacial score (nSPS) is 28.0. The maximum Gasteiger partial charge on any atom is 0.339 e. The van der Waals surface area contributed by atoms with Crippen LogP contribution in [-0.4, -0.2) is 72.7 Å². The highest BCUT2D eigenvalue weighted by Crippen LogP contribution is 2.30. The Morgan fingerprint density at radius 1 is 0.885 bits per heavy atom. The van der Waals surface area contributed by atoms with Gasteiger partial charge < -0.3 is 28.4 Å². The number of hydrogen-bond donors (Lipinski definition) is 0. The number of esters is 4. The fourth-order valence-electron chi connectivity index (χ4n) is 2.37. The molecule has 0 unspecified atom stereocenters. The molecule has 0 aliphatic carbocycles. The van der Waals surface area contributed by atoms with Crippen molar-refractivity contribution in [1.29, 1.82) is 0 Å². The Bertz CT molecular complexity index is 537. The lowest BCUT2D eigenvalue weighted by molar-refractivity contribution is -0.300. The van der Waals surface area contributed by atoms with E-state index in [4.69, 9.17) is 23.7 Å². The van der Waals surface area contributed by atoms with Gasteiger partial charge in [0.2, 0.25) is 0 Å². The number of carbonyl (C=O) groups is 4. The van der Waals surface area contributed by atoms with Crippen LogP contribution in [0.2, 0.25) is 0 Å². The molecule has 0 N–H and O–H groups in total. The summed E-state index contributed by atoms with van der Waals surface area (Å²) in [6.45, 7) is 3.59. The lowest BCUT2D eigenvalue weighted by atomic mass is 9.97. The van der Waals surface area contributed by atoms with E-state index in [1.165, 1.54) is 0 Å². The molecule has 0 amide bonds. The number of hydrogen-bond acceptors (Lipinski definition) is 10. The van der Waals surface area contributed by atoms with Crippen molar-refractivity contribution < 1.29 is 47.6 Å². The zero-order valence-corrected chi connectivity index (χ0v) is 16.9. The number of ether oxygens (including phenoxy) is 6. The van der Waals surface area contributed by atoms with Crippen molar-refractivity contribution in [3.05, 3.63) is 0 Å². The summed E-state index contributed by atoms with van der Waals surface area (Å²) >= 11 is 2.05. The second-order valence-corrected chi connectivity index (χ2v) is 6.31. The van der Waals surface area contributed by atoms with Gasteiger partial charge in [-0.3, -0.25) is 14.4 Å². The van der Waals surface area contributed by atoms with Crippen LogP contribution in [0.5, 0.6) is 0 Å². The summed E-state index contributed by atoms with van der Waals surface area (Å²) in [4.78, 5) is 46.6. The van der Waals surface area contributed by atoms with Crippen molar-refractivity contribution in [1.82, 2.24) is 0 Å². The quantitative estimate of drug-likeness (QED) is 0.212. The summed E-state index contributed by atoms with van der Waals surface area (Å²) in [6, 6.07) is 0. The van der Waals surface area contributed by atoms with Crippen molar-refractivity contribution in [3.63, 3.8) is 0 Å². The fourth-order valence-corrected chi connectivity index (χ4v) is 2.63. The van der Waals surface area contributed by atoms with Crippen LogP contribution in [0.1, 0.15) is 20.8 Å². The van der Waals surface area contributed by atoms with Gasteiger partial charge in [0.25, 0.3) is 0 Å². The first-order valence-corrected chi connectivity index (χ1v) is 9.16. The number of methoxy groups -OCH3 is 1. The first-order valence-electron chi connectivity index (χ1n) is 7.63. The molecule has 0 spiro atoms. The van der Waals surface area contributed by atoms with Gasteiger partial charge in [0.05, 0.1) is 13.7 Å². The Hall–Kier alpha value is -1.47. The van der Waals surface area contributed by atoms with Gasteiger partial charge in [0.15, 0.2) is 30.7 Å². The highest BCUT2D eigenvalue weighted by molar-refractivity contribution is 14.1. The summed E-state index contributed by atoms with van der Waals surface area (Å²) < 4.78 is 31.7. The zero-order valence-electron chi connectivity index (χ0n) is 14.8. The van der Waals surface area contributed by atoms with Gasteiger partial charge in [-0.2, -0.15) is 0 Å². The van der Waals surface area contributed by atoms with Crippen molar-refractivity contribution in [2.24, 2.45) is 0 Å². The van der Waals surface area contributed by atoms with Gasteiger partial charge in [-0.05, 0) is 0 Å². The minimum atomic E-state index is -1.43. The molecule has 1 fully saturated rings. The number of halogens is 1. The smallest absolute Gasteiger partial charge is 0.339 e. The van der Waals surface area contributed by atoms with Crippen LogP contribution in [0.25, 0.3) is 0 Å². The van der Waals surface area contributed by atoms with Gasteiger partial charge in [-0.1, -0.05) is 22.6 Å². The molecule has 10 nitrogen and oxygen atoms in total. The minimum absolute atomic E-state index is 0.210. The van der Waals surface area contributed by atoms with Crippen molar-refractivity contribution in [2.75, 3.05) is 18.1 Å². The van der Waals surface area contributed by atoms with Crippen LogP contribution >= 0.6 is 22.6 Å². The van der Waals surface area contributed by atoms with Gasteiger partial charge in [-0.15, -0.1) is 0 Å². The maximum absolute atomic E-state index is 12.1. The lowest BCUT2D eigenvalue weighted by Crippen LogP contribution is -2.63. The van der Waals surface area contributed by atoms with E-state index in [0.717, 1.165) is 27.9 Å². The highest BCUT2D eigenvalue weighted by atomic mass is 127. The van der Waals surface area contributed by atoms with E-state index < -0.39 is 54.6 Å². The molecule has 11 heteroatoms. The molecule has 148 valence electrons. The Morgan fingerprint density at radius 2 is 1.38 bits per heavy atom. The third-order valence-electron chi connectivity index (χ3n) is 3.19. The van der Waals surface area contributed by atoms with E-state index in [1.54, 1.807) is 0 Å². The highest BCUT2D eigenvalue weighted by Gasteiger charge is 2.55. The number of alkyl halides is 1. The van der Waals surface area contributed by atoms with E-state index in [1.807, 2.05) is 0 Å². The summed E-state index contributed by atoms with van der Waals surface area (Å²) in [7, 11) is 1.12. The molecule has 1 aliphatic heterocycles. The first kappa shape index (κ1) is 22.6. The van der Waals surface area contributed by atoms with E-state index in [0.29, 0.717) is 4.43 Å². The SMILES string of the molecule is COC(=O)[C@H]1O[C@@H](OCCI)[C@H](OC(C)=O)[C@@H](OC(C)=O)[C@@H]1OC(C)=O. The third kappa shape index (κ3) is 6.36. The Labute approximate surface area is 163 Å². The molecular formula is C15H21IO10. The molecule has 1 aliphatic rings. The number of rotatable bonds is 7. The van der Waals surface area contributed by atoms with E-state index >= 15 is 0 Å². The van der Waals surface area contributed by atoms with Crippen molar-refractivity contribution in [3.8, 4) is 0 Å². The molecule has 0 bridgehead atoms. The summed E-state index contributed by atoms with van der Waals surface area (Å²) in [5.41, 5.74) is 0. The molecule has 0 radical (unpaired) electrons. The molecule has 0 aromatic rings. The van der Waals surface area contributed by atoms with E-state index in [-0.39, 0.29) is 6.61 Å². The largest absolute Gasteiger partial charge is 0.467 e. The van der Waals surface area contributed by atoms with Crippen LogP contribution in [0.3, 0.4) is 0 Å². The van der Waals surface area contributed by atoms with Crippen LogP contribution in [-0.2, 0) is 47.6 Å². The predicted molar refractivity (Wildman–Crippen MR) is 92.2 cm³/mol. The molecule has 5 atom stereocenters. The Morgan fingerprint density at radius 3 is 1.85 bits per heavy atom. The molecule has 0 saturated carbocycles. The summed E-state index contributed by atoms with van der Waals surface area (Å²) in [6.07, 6.45) is -6.61. The van der Waals surface area contributed by atoms with Gasteiger partial charge in [-0.25, -0.2) is 4.79 Å². The maximum atomic E-state index is 12.1. The van der Waals surface area contributed by atoms with Crippen molar-refractivity contribution in [2.45, 2.75) is 51.5 Å². The van der Waals surface area contributed by atoms with Crippen LogP contribution < -0.4 is 0 Å². The topological polar surface area (TPSA) is 124 Å². The van der Waals surface area contributed by atoms with E-state index in [9.17, 15) is 19.2 Å². The number of carbonyl (C=O) groups excluding carboxylic acids is 4. The second-order valence-electron chi connectivity index (χ2n) is 5.23. The molecule has 0 aromatic carbocycles. The standard InChI is InChI=1S/C15H21IO10/c1-7(17)23-10-11(24-8(2)18)13(25-9(3)19)15(22-6-5-16)26-12(10)14(20)21-4/h10-13,15H,5-6H2,1-4H3/t10-,11-,12-,13+,15+/m0/s1. The first-order chi connectivity index (χ1) is 12.2. The third-order valence-corrected chi connectivity index (χ3v) is 3.63. The van der Waals surface area contributed by atoms with Gasteiger partial charge in [0, 0.05) is 25.2 Å². The van der Waals surface area contributed by atoms with Crippen LogP contribution in [0.15, 0.2) is 0 Å². The average Bonchev–Trinajstić information content (AvgIpc) is 2.55. The predicted octanol–water partition coefficient (Wildman–Crippen LogP) is 0.131. The summed E-state index contributed by atoms with van der Waals surface area (Å²) in [5.74, 6) is -3.05. The van der Waals surface area contributed by atoms with Gasteiger partial charge in [0.1, 0.15) is 0 Å². The molecule has 1 rings (SSSR count). The Kier molecular flexibility index (Phi) is 9.22. The average molecular weight is 488 g/mol. The molecule has 0 aromatic heterocycles. The molecule has 1 heterocycles. The second kappa shape index (κ2) is 10.6. The summed E-state index contributed by atoms with van der Waals surface area (Å²) in [5, 5.41) is 0. The monoisotopic (exact) mass is 488 g/mol. The van der Waals surface area contributed by atoms with Crippen LogP contribution in [0, 0.1) is 0 Å². The van der Waals surface area contributed by atoms with Crippen molar-refractivity contribution >= 4 is 46.5 Å². The molecule has 1 saturated heterocycles. The van der Waals surface area contributed by atoms with Crippen LogP contribution in [0.4, 0.5) is 0 Å². The lowest BCUT2D eigenvalue weighted by Gasteiger charge is -2.43. The zero-order chi connectivity index (χ0) is 19.9. The minimum Gasteiger partial charge on any atom is -0.467 e. The molecular weight excluding hydrogens is 467 g/mol. The Balaban J connectivity index is 3.30. The van der Waals surface area contributed by atoms with E-state index in [2.05, 4.69) is 27.3 Å². The molecule has 26 heavy (non-hydrogen) atoms. The van der Waals surface area contributed by atoms with Gasteiger partial charge >= 0.3 is 23.9 Å².